The molecule has 210 valence electrons. The minimum atomic E-state index is -0.980. The first-order valence-electron chi connectivity index (χ1n) is 13.1. The summed E-state index contributed by atoms with van der Waals surface area (Å²) in [4.78, 5) is 28.5. The molecule has 1 amide bonds. The summed E-state index contributed by atoms with van der Waals surface area (Å²) in [5.41, 5.74) is 1.61. The van der Waals surface area contributed by atoms with Crippen LogP contribution in [-0.4, -0.2) is 33.6 Å². The highest BCUT2D eigenvalue weighted by molar-refractivity contribution is 8.00. The van der Waals surface area contributed by atoms with Crippen LogP contribution in [0.25, 0.3) is 10.8 Å². The summed E-state index contributed by atoms with van der Waals surface area (Å²) >= 11 is 2.72. The fourth-order valence-corrected chi connectivity index (χ4v) is 6.76. The number of furan rings is 1. The number of carbonyl (C=O) groups excluding carboxylic acids is 2. The van der Waals surface area contributed by atoms with Gasteiger partial charge in [-0.2, -0.15) is 0 Å². The highest BCUT2D eigenvalue weighted by atomic mass is 32.2. The first-order valence-corrected chi connectivity index (χ1v) is 14.9. The van der Waals surface area contributed by atoms with Crippen LogP contribution in [0.5, 0.6) is 5.75 Å². The van der Waals surface area contributed by atoms with Crippen molar-refractivity contribution in [2.24, 2.45) is 0 Å². The Morgan fingerprint density at radius 3 is 2.74 bits per heavy atom. The van der Waals surface area contributed by atoms with Crippen LogP contribution in [0.2, 0.25) is 0 Å². The van der Waals surface area contributed by atoms with Crippen molar-refractivity contribution >= 4 is 50.7 Å². The Labute approximate surface area is 250 Å². The average Bonchev–Trinajstić information content (AvgIpc) is 3.73. The number of amides is 1. The summed E-state index contributed by atoms with van der Waals surface area (Å²) in [6, 6.07) is 23.6. The Morgan fingerprint density at radius 1 is 1.12 bits per heavy atom. The number of carbonyl (C=O) groups is 2. The van der Waals surface area contributed by atoms with Gasteiger partial charge in [0.05, 0.1) is 11.6 Å². The number of Topliss-reactive ketones (excluding diaryl/α,β-unsaturated/α-hetero) is 1. The van der Waals surface area contributed by atoms with Crippen LogP contribution < -0.4 is 9.64 Å². The number of hydrogen-bond donors (Lipinski definition) is 1. The first-order chi connectivity index (χ1) is 20.4. The van der Waals surface area contributed by atoms with E-state index in [-0.39, 0.29) is 23.1 Å². The van der Waals surface area contributed by atoms with E-state index >= 15 is 0 Å². The van der Waals surface area contributed by atoms with Crippen LogP contribution in [0.1, 0.15) is 33.5 Å². The van der Waals surface area contributed by atoms with Crippen molar-refractivity contribution in [2.75, 3.05) is 11.5 Å². The second kappa shape index (κ2) is 11.7. The Bertz CT molecular complexity index is 1850. The van der Waals surface area contributed by atoms with Crippen LogP contribution in [0.4, 0.5) is 5.13 Å². The Hall–Kier alpha value is -4.67. The molecule has 1 aliphatic heterocycles. The number of aliphatic hydroxyl groups is 1. The van der Waals surface area contributed by atoms with Crippen LogP contribution in [0.15, 0.2) is 112 Å². The fourth-order valence-electron chi connectivity index (χ4n) is 4.88. The highest BCUT2D eigenvalue weighted by Crippen LogP contribution is 2.44. The van der Waals surface area contributed by atoms with Crippen LogP contribution >= 0.6 is 23.1 Å². The van der Waals surface area contributed by atoms with Gasteiger partial charge in [0, 0.05) is 5.75 Å². The molecule has 0 bridgehead atoms. The van der Waals surface area contributed by atoms with Crippen molar-refractivity contribution in [3.8, 4) is 5.75 Å². The molecule has 0 saturated heterocycles. The monoisotopic (exact) mass is 595 g/mol. The number of ketones is 1. The average molecular weight is 596 g/mol. The van der Waals surface area contributed by atoms with Gasteiger partial charge in [-0.05, 0) is 53.1 Å². The lowest BCUT2D eigenvalue weighted by molar-refractivity contribution is -0.117. The van der Waals surface area contributed by atoms with E-state index in [1.54, 1.807) is 43.3 Å². The van der Waals surface area contributed by atoms with Gasteiger partial charge in [0.15, 0.2) is 15.9 Å². The van der Waals surface area contributed by atoms with Crippen LogP contribution in [0.3, 0.4) is 0 Å². The van der Waals surface area contributed by atoms with Gasteiger partial charge in [0.1, 0.15) is 18.1 Å². The number of benzene rings is 3. The van der Waals surface area contributed by atoms with Gasteiger partial charge in [-0.25, -0.2) is 0 Å². The molecule has 0 spiro atoms. The number of aryl methyl sites for hydroxylation is 1. The largest absolute Gasteiger partial charge is 0.503 e. The van der Waals surface area contributed by atoms with Gasteiger partial charge in [0.25, 0.3) is 5.91 Å². The lowest BCUT2D eigenvalue weighted by atomic mass is 9.95. The van der Waals surface area contributed by atoms with E-state index in [4.69, 9.17) is 9.15 Å². The number of aliphatic hydroxyl groups excluding tert-OH is 1. The van der Waals surface area contributed by atoms with Gasteiger partial charge in [-0.15, -0.1) is 10.2 Å². The maximum atomic E-state index is 13.6. The molecule has 10 heteroatoms. The third kappa shape index (κ3) is 5.22. The maximum Gasteiger partial charge on any atom is 0.296 e. The molecular formula is C32H25N3O5S2. The molecule has 3 aromatic carbocycles. The molecule has 1 atom stereocenters. The first kappa shape index (κ1) is 27.5. The topological polar surface area (TPSA) is 106 Å². The van der Waals surface area contributed by atoms with E-state index in [0.717, 1.165) is 16.3 Å². The molecular weight excluding hydrogens is 571 g/mol. The molecule has 0 aliphatic carbocycles. The fraction of sp³-hybridized carbons (Fsp3) is 0.125. The minimum Gasteiger partial charge on any atom is -0.503 e. The summed E-state index contributed by atoms with van der Waals surface area (Å²) in [7, 11) is 0. The molecule has 1 N–H and O–H groups in total. The summed E-state index contributed by atoms with van der Waals surface area (Å²) in [6.07, 6.45) is 1.62. The molecule has 2 aromatic heterocycles. The lowest BCUT2D eigenvalue weighted by Gasteiger charge is -2.24. The molecule has 1 aliphatic rings. The van der Waals surface area contributed by atoms with Crippen LogP contribution in [-0.2, 0) is 10.5 Å². The van der Waals surface area contributed by atoms with E-state index in [9.17, 15) is 14.7 Å². The number of aromatic nitrogens is 2. The van der Waals surface area contributed by atoms with E-state index in [2.05, 4.69) is 41.0 Å². The smallest absolute Gasteiger partial charge is 0.296 e. The SMILES string of the molecule is C=CCOc1cccc(C2C(C(=O)c3ccc(C)o3)=C(O)C(=O)N2c2nnc(SCc3cccc4ccccc34)s2)c1. The molecule has 42 heavy (non-hydrogen) atoms. The number of fused-ring (bicyclic) bond motifs is 1. The molecule has 5 aromatic rings. The zero-order valence-corrected chi connectivity index (χ0v) is 24.2. The van der Waals surface area contributed by atoms with Gasteiger partial charge >= 0.3 is 0 Å². The van der Waals surface area contributed by atoms with E-state index in [1.165, 1.54) is 34.1 Å². The number of thioether (sulfide) groups is 1. The lowest BCUT2D eigenvalue weighted by Crippen LogP contribution is -2.31. The van der Waals surface area contributed by atoms with Crippen molar-refractivity contribution < 1.29 is 23.8 Å². The number of nitrogens with zero attached hydrogens (tertiary/aromatic N) is 3. The summed E-state index contributed by atoms with van der Waals surface area (Å²) in [5.74, 6) is -0.252. The van der Waals surface area contributed by atoms with E-state index in [1.807, 2.05) is 18.2 Å². The predicted molar refractivity (Wildman–Crippen MR) is 163 cm³/mol. The second-order valence-corrected chi connectivity index (χ2v) is 11.7. The van der Waals surface area contributed by atoms with Gasteiger partial charge in [-0.1, -0.05) is 90.4 Å². The molecule has 8 nitrogen and oxygen atoms in total. The predicted octanol–water partition coefficient (Wildman–Crippen LogP) is 7.23. The quantitative estimate of drug-likeness (QED) is 0.0780. The number of rotatable bonds is 10. The summed E-state index contributed by atoms with van der Waals surface area (Å²) in [6.45, 7) is 5.68. The Balaban J connectivity index is 1.34. The highest BCUT2D eigenvalue weighted by Gasteiger charge is 2.46. The normalized spacial score (nSPS) is 15.0. The second-order valence-electron chi connectivity index (χ2n) is 9.53. The zero-order chi connectivity index (χ0) is 29.2. The number of ether oxygens (including phenoxy) is 1. The molecule has 0 radical (unpaired) electrons. The van der Waals surface area contributed by atoms with E-state index in [0.29, 0.717) is 27.2 Å². The molecule has 6 rings (SSSR count). The van der Waals surface area contributed by atoms with Crippen molar-refractivity contribution in [2.45, 2.75) is 23.1 Å². The van der Waals surface area contributed by atoms with Crippen LogP contribution in [0, 0.1) is 6.92 Å². The Morgan fingerprint density at radius 2 is 1.93 bits per heavy atom. The number of hydrogen-bond acceptors (Lipinski definition) is 9. The minimum absolute atomic E-state index is 0.0244. The van der Waals surface area contributed by atoms with Gasteiger partial charge in [-0.3, -0.25) is 14.5 Å². The number of anilines is 1. The van der Waals surface area contributed by atoms with Crippen molar-refractivity contribution in [3.63, 3.8) is 0 Å². The van der Waals surface area contributed by atoms with Crippen molar-refractivity contribution in [1.82, 2.24) is 10.2 Å². The standard InChI is InChI=1S/C32H25N3O5S2/c1-3-16-39-23-12-7-10-21(17-23)27-26(28(36)25-15-14-19(2)40-25)29(37)30(38)35(27)31-33-34-32(42-31)41-18-22-11-6-9-20-8-4-5-13-24(20)22/h3-15,17,27,37H,1,16,18H2,2H3. The zero-order valence-electron chi connectivity index (χ0n) is 22.5. The summed E-state index contributed by atoms with van der Waals surface area (Å²) in [5, 5.41) is 22.3. The maximum absolute atomic E-state index is 13.6. The molecule has 0 fully saturated rings. The van der Waals surface area contributed by atoms with Crippen molar-refractivity contribution in [1.29, 1.82) is 0 Å². The summed E-state index contributed by atoms with van der Waals surface area (Å²) < 4.78 is 11.9. The molecule has 3 heterocycles. The molecule has 0 saturated carbocycles. The van der Waals surface area contributed by atoms with Crippen molar-refractivity contribution in [3.05, 3.63) is 125 Å². The molecule has 1 unspecified atom stereocenters. The third-order valence-corrected chi connectivity index (χ3v) is 8.90. The van der Waals surface area contributed by atoms with Gasteiger partial charge in [0.2, 0.25) is 10.9 Å². The third-order valence-electron chi connectivity index (χ3n) is 6.79. The van der Waals surface area contributed by atoms with E-state index < -0.39 is 23.5 Å². The van der Waals surface area contributed by atoms with Gasteiger partial charge < -0.3 is 14.3 Å². The Kier molecular flexibility index (Phi) is 7.64.